The molecule has 0 amide bonds. The molecule has 0 aromatic carbocycles. The third kappa shape index (κ3) is 13.6. The molecule has 0 heterocycles. The minimum Gasteiger partial charge on any atom is -0.393 e. The summed E-state index contributed by atoms with van der Waals surface area (Å²) in [5.41, 5.74) is 0. The first-order chi connectivity index (χ1) is 25.9. The van der Waals surface area contributed by atoms with Crippen LogP contribution < -0.4 is 0 Å². The molecule has 10 unspecified atom stereocenters. The first kappa shape index (κ1) is 43.7. The maximum Gasteiger partial charge on any atom is 0.111 e. The van der Waals surface area contributed by atoms with Crippen LogP contribution in [-0.2, 0) is 9.78 Å². The molecule has 10 atom stereocenters. The molecule has 0 saturated heterocycles. The second kappa shape index (κ2) is 23.7. The zero-order valence-electron chi connectivity index (χ0n) is 34.7. The number of fused-ring (bicyclic) bond motifs is 2. The van der Waals surface area contributed by atoms with Crippen molar-refractivity contribution in [1.29, 1.82) is 0 Å². The van der Waals surface area contributed by atoms with Gasteiger partial charge in [0.1, 0.15) is 6.10 Å². The Labute approximate surface area is 327 Å². The second-order valence-corrected chi connectivity index (χ2v) is 19.9. The summed E-state index contributed by atoms with van der Waals surface area (Å²) in [5, 5.41) is 28.3. The zero-order valence-corrected chi connectivity index (χ0v) is 34.7. The van der Waals surface area contributed by atoms with Gasteiger partial charge in [-0.15, -0.1) is 6.58 Å². The summed E-state index contributed by atoms with van der Waals surface area (Å²) >= 11 is 0. The highest BCUT2D eigenvalue weighted by molar-refractivity contribution is 4.92. The van der Waals surface area contributed by atoms with Gasteiger partial charge in [0.05, 0.1) is 12.2 Å². The van der Waals surface area contributed by atoms with Crippen molar-refractivity contribution in [2.75, 3.05) is 0 Å². The quantitative estimate of drug-likeness (QED) is 0.0598. The number of aliphatic hydroxyl groups excluding tert-OH is 1. The molecule has 0 aromatic rings. The van der Waals surface area contributed by atoms with Crippen molar-refractivity contribution >= 4 is 0 Å². The first-order valence-electron chi connectivity index (χ1n) is 23.8. The average Bonchev–Trinajstić information content (AvgIpc) is 3.20. The van der Waals surface area contributed by atoms with Crippen LogP contribution >= 0.6 is 0 Å². The van der Waals surface area contributed by atoms with E-state index in [2.05, 4.69) is 25.3 Å². The summed E-state index contributed by atoms with van der Waals surface area (Å²) in [4.78, 5) is 9.31. The fraction of sp³-hybridized carbons (Fsp3) is 0.958. The van der Waals surface area contributed by atoms with Crippen molar-refractivity contribution in [3.8, 4) is 0 Å². The van der Waals surface area contributed by atoms with Crippen LogP contribution in [0.2, 0.25) is 0 Å². The minimum absolute atomic E-state index is 0.0244. The van der Waals surface area contributed by atoms with Gasteiger partial charge in [0.25, 0.3) is 0 Å². The lowest BCUT2D eigenvalue weighted by Gasteiger charge is -2.46. The molecule has 0 spiro atoms. The molecule has 6 aliphatic rings. The standard InChI is InChI=1S/C27H48O4.C21H38O/c1-3-5-6-7-20-8-10-21(11-9-20)22-12-13-24-19-25(15-14-23(24)18-22)27(31-29)17-16-26(4-2)30-28;1-2-3-4-5-16-6-8-17(9-7-16)18-10-11-20-15-21(22)13-12-19(20)14-18/h4,20-29H,2-3,5-19H2,1H3;16-22H,2-15H2,1H3. The Morgan fingerprint density at radius 3 is 1.42 bits per heavy atom. The van der Waals surface area contributed by atoms with Crippen LogP contribution in [0, 0.1) is 65.1 Å². The Balaban J connectivity index is 0.000000216. The van der Waals surface area contributed by atoms with Crippen LogP contribution in [0.5, 0.6) is 0 Å². The largest absolute Gasteiger partial charge is 0.393 e. The van der Waals surface area contributed by atoms with Gasteiger partial charge in [0.2, 0.25) is 0 Å². The van der Waals surface area contributed by atoms with Crippen molar-refractivity contribution < 1.29 is 25.4 Å². The van der Waals surface area contributed by atoms with E-state index in [4.69, 9.17) is 10.1 Å². The maximum absolute atomic E-state index is 9.88. The summed E-state index contributed by atoms with van der Waals surface area (Å²) in [5.74, 6) is 10.1. The van der Waals surface area contributed by atoms with Crippen LogP contribution in [0.4, 0.5) is 0 Å². The van der Waals surface area contributed by atoms with E-state index in [0.29, 0.717) is 18.8 Å². The number of hydrogen-bond donors (Lipinski definition) is 3. The summed E-state index contributed by atoms with van der Waals surface area (Å²) < 4.78 is 0. The predicted octanol–water partition coefficient (Wildman–Crippen LogP) is 13.8. The molecular formula is C48H86O5. The molecule has 0 aromatic heterocycles. The molecule has 0 bridgehead atoms. The number of unbranched alkanes of at least 4 members (excludes halogenated alkanes) is 4. The number of rotatable bonds is 17. The number of hydrogen-bond acceptors (Lipinski definition) is 5. The van der Waals surface area contributed by atoms with E-state index in [1.807, 2.05) is 0 Å². The van der Waals surface area contributed by atoms with Gasteiger partial charge < -0.3 is 5.11 Å². The lowest BCUT2D eigenvalue weighted by molar-refractivity contribution is -0.301. The summed E-state index contributed by atoms with van der Waals surface area (Å²) in [6, 6.07) is 0. The van der Waals surface area contributed by atoms with Crippen LogP contribution in [-0.4, -0.2) is 33.9 Å². The SMILES string of the molecule is C=CC(CCC(OO)C1CCC2CC(C3CCC(CCCCC)CC3)CCC2C1)OO.CCCCCC1CCC(C2CCC3CC(O)CCC3C2)CC1. The second-order valence-electron chi connectivity index (χ2n) is 19.9. The fourth-order valence-corrected chi connectivity index (χ4v) is 13.2. The van der Waals surface area contributed by atoms with Gasteiger partial charge in [-0.2, -0.15) is 0 Å². The molecule has 6 saturated carbocycles. The predicted molar refractivity (Wildman–Crippen MR) is 219 cm³/mol. The van der Waals surface area contributed by atoms with E-state index >= 15 is 0 Å². The molecular weight excluding hydrogens is 657 g/mol. The summed E-state index contributed by atoms with van der Waals surface area (Å²) in [6.07, 6.45) is 41.7. The van der Waals surface area contributed by atoms with Gasteiger partial charge in [-0.1, -0.05) is 97.0 Å². The Kier molecular flexibility index (Phi) is 19.5. The van der Waals surface area contributed by atoms with Crippen molar-refractivity contribution in [2.45, 2.75) is 225 Å². The van der Waals surface area contributed by atoms with E-state index < -0.39 is 0 Å². The van der Waals surface area contributed by atoms with Crippen molar-refractivity contribution in [3.05, 3.63) is 12.7 Å². The molecule has 6 rings (SSSR count). The van der Waals surface area contributed by atoms with Crippen molar-refractivity contribution in [1.82, 2.24) is 0 Å². The topological polar surface area (TPSA) is 79.2 Å². The molecule has 0 aliphatic heterocycles. The third-order valence-electron chi connectivity index (χ3n) is 16.7. The van der Waals surface area contributed by atoms with E-state index in [1.54, 1.807) is 6.08 Å². The lowest BCUT2D eigenvalue weighted by atomic mass is 9.60. The van der Waals surface area contributed by atoms with Crippen molar-refractivity contribution in [2.24, 2.45) is 65.1 Å². The lowest BCUT2D eigenvalue weighted by Crippen LogP contribution is -2.38. The Hall–Kier alpha value is -0.460. The molecule has 6 aliphatic carbocycles. The smallest absolute Gasteiger partial charge is 0.111 e. The van der Waals surface area contributed by atoms with Crippen LogP contribution in [0.1, 0.15) is 206 Å². The van der Waals surface area contributed by atoms with Gasteiger partial charge in [-0.3, -0.25) is 10.5 Å². The first-order valence-corrected chi connectivity index (χ1v) is 23.8. The molecule has 3 N–H and O–H groups in total. The van der Waals surface area contributed by atoms with E-state index in [-0.39, 0.29) is 18.3 Å². The highest BCUT2D eigenvalue weighted by Crippen LogP contribution is 2.51. The van der Waals surface area contributed by atoms with Crippen LogP contribution in [0.25, 0.3) is 0 Å². The zero-order chi connectivity index (χ0) is 37.4. The molecule has 6 fully saturated rings. The Morgan fingerprint density at radius 1 is 0.509 bits per heavy atom. The minimum atomic E-state index is -0.383. The fourth-order valence-electron chi connectivity index (χ4n) is 13.2. The van der Waals surface area contributed by atoms with E-state index in [1.165, 1.54) is 161 Å². The highest BCUT2D eigenvalue weighted by atomic mass is 17.1. The van der Waals surface area contributed by atoms with Gasteiger partial charge in [0.15, 0.2) is 0 Å². The molecule has 5 heteroatoms. The van der Waals surface area contributed by atoms with Gasteiger partial charge in [0, 0.05) is 0 Å². The summed E-state index contributed by atoms with van der Waals surface area (Å²) in [6.45, 7) is 8.30. The maximum atomic E-state index is 9.88. The Morgan fingerprint density at radius 2 is 0.943 bits per heavy atom. The summed E-state index contributed by atoms with van der Waals surface area (Å²) in [7, 11) is 0. The van der Waals surface area contributed by atoms with Gasteiger partial charge >= 0.3 is 0 Å². The van der Waals surface area contributed by atoms with E-state index in [9.17, 15) is 10.4 Å². The average molecular weight is 743 g/mol. The van der Waals surface area contributed by atoms with Crippen molar-refractivity contribution in [3.63, 3.8) is 0 Å². The van der Waals surface area contributed by atoms with Crippen LogP contribution in [0.3, 0.4) is 0 Å². The van der Waals surface area contributed by atoms with E-state index in [0.717, 1.165) is 78.4 Å². The molecule has 308 valence electrons. The molecule has 0 radical (unpaired) electrons. The highest BCUT2D eigenvalue weighted by Gasteiger charge is 2.41. The monoisotopic (exact) mass is 743 g/mol. The molecule has 5 nitrogen and oxygen atoms in total. The normalized spacial score (nSPS) is 38.7. The van der Waals surface area contributed by atoms with Gasteiger partial charge in [-0.25, -0.2) is 9.78 Å². The third-order valence-corrected chi connectivity index (χ3v) is 16.7. The Bertz CT molecular complexity index is 971. The number of aliphatic hydroxyl groups is 1. The van der Waals surface area contributed by atoms with Gasteiger partial charge in [-0.05, 0) is 181 Å². The molecule has 53 heavy (non-hydrogen) atoms. The van der Waals surface area contributed by atoms with Crippen LogP contribution in [0.15, 0.2) is 12.7 Å².